The molecule has 0 aromatic carbocycles. The third-order valence-electron chi connectivity index (χ3n) is 3.53. The second-order valence-corrected chi connectivity index (χ2v) is 4.62. The molecule has 3 nitrogen and oxygen atoms in total. The Morgan fingerprint density at radius 3 is 2.94 bits per heavy atom. The van der Waals surface area contributed by atoms with Crippen molar-refractivity contribution < 1.29 is 4.39 Å². The first kappa shape index (κ1) is 11.3. The quantitative estimate of drug-likeness (QED) is 0.880. The van der Waals surface area contributed by atoms with E-state index in [1.54, 1.807) is 12.3 Å². The molecule has 1 aliphatic rings. The molecule has 0 bridgehead atoms. The van der Waals surface area contributed by atoms with Gasteiger partial charge < -0.3 is 5.73 Å². The highest BCUT2D eigenvalue weighted by molar-refractivity contribution is 5.31. The van der Waals surface area contributed by atoms with Gasteiger partial charge in [-0.3, -0.25) is 9.97 Å². The number of halogens is 1. The van der Waals surface area contributed by atoms with Crippen molar-refractivity contribution in [1.29, 1.82) is 0 Å². The maximum absolute atomic E-state index is 12.9. The summed E-state index contributed by atoms with van der Waals surface area (Å²) in [5.41, 5.74) is 9.29. The molecule has 0 radical (unpaired) electrons. The summed E-state index contributed by atoms with van der Waals surface area (Å²) in [7, 11) is 0. The smallest absolute Gasteiger partial charge is 0.141 e. The van der Waals surface area contributed by atoms with Crippen molar-refractivity contribution >= 4 is 0 Å². The minimum atomic E-state index is -0.337. The van der Waals surface area contributed by atoms with E-state index < -0.39 is 0 Å². The van der Waals surface area contributed by atoms with Crippen LogP contribution in [-0.2, 0) is 6.42 Å². The molecule has 18 heavy (non-hydrogen) atoms. The van der Waals surface area contributed by atoms with Gasteiger partial charge in [0.2, 0.25) is 0 Å². The summed E-state index contributed by atoms with van der Waals surface area (Å²) < 4.78 is 12.9. The zero-order chi connectivity index (χ0) is 12.5. The predicted octanol–water partition coefficient (Wildman–Crippen LogP) is 2.35. The van der Waals surface area contributed by atoms with Gasteiger partial charge in [0.25, 0.3) is 0 Å². The lowest BCUT2D eigenvalue weighted by molar-refractivity contribution is 0.526. The van der Waals surface area contributed by atoms with Crippen LogP contribution in [0.15, 0.2) is 36.7 Å². The largest absolute Gasteiger partial charge is 0.322 e. The van der Waals surface area contributed by atoms with Gasteiger partial charge in [0.15, 0.2) is 0 Å². The monoisotopic (exact) mass is 243 g/mol. The van der Waals surface area contributed by atoms with Crippen LogP contribution in [0.1, 0.15) is 35.3 Å². The lowest BCUT2D eigenvalue weighted by Gasteiger charge is -2.18. The second-order valence-electron chi connectivity index (χ2n) is 4.62. The summed E-state index contributed by atoms with van der Waals surface area (Å²) in [4.78, 5) is 8.49. The molecule has 1 aliphatic carbocycles. The van der Waals surface area contributed by atoms with Crippen LogP contribution < -0.4 is 5.73 Å². The molecule has 0 saturated heterocycles. The van der Waals surface area contributed by atoms with Crippen LogP contribution in [-0.4, -0.2) is 9.97 Å². The summed E-state index contributed by atoms with van der Waals surface area (Å²) in [6, 6.07) is 6.87. The van der Waals surface area contributed by atoms with Gasteiger partial charge in [0.1, 0.15) is 5.82 Å². The first-order valence-electron chi connectivity index (χ1n) is 6.06. The van der Waals surface area contributed by atoms with Crippen molar-refractivity contribution in [2.45, 2.75) is 24.8 Å². The average Bonchev–Trinajstić information content (AvgIpc) is 2.82. The fraction of sp³-hybridized carbons (Fsp3) is 0.286. The van der Waals surface area contributed by atoms with Crippen molar-refractivity contribution in [3.8, 4) is 0 Å². The number of nitrogens with zero attached hydrogens (tertiary/aromatic N) is 2. The zero-order valence-corrected chi connectivity index (χ0v) is 9.88. The molecule has 0 amide bonds. The Kier molecular flexibility index (Phi) is 2.80. The summed E-state index contributed by atoms with van der Waals surface area (Å²) in [5.74, 6) is -0.157. The zero-order valence-electron chi connectivity index (χ0n) is 9.88. The number of fused-ring (bicyclic) bond motifs is 1. The number of aromatic nitrogens is 2. The molecule has 0 saturated carbocycles. The van der Waals surface area contributed by atoms with Gasteiger partial charge in [-0.2, -0.15) is 0 Å². The topological polar surface area (TPSA) is 51.8 Å². The van der Waals surface area contributed by atoms with E-state index in [2.05, 4.69) is 16.0 Å². The SMILES string of the molecule is NC(c1ccc(F)cn1)C1CCc2cccnc21. The molecule has 2 heterocycles. The highest BCUT2D eigenvalue weighted by Gasteiger charge is 2.30. The summed E-state index contributed by atoms with van der Waals surface area (Å²) in [6.45, 7) is 0. The molecule has 0 fully saturated rings. The molecule has 2 aromatic heterocycles. The molecule has 2 aromatic rings. The van der Waals surface area contributed by atoms with Crippen molar-refractivity contribution in [3.63, 3.8) is 0 Å². The Hall–Kier alpha value is -1.81. The molecular formula is C14H14FN3. The van der Waals surface area contributed by atoms with E-state index in [1.807, 2.05) is 6.07 Å². The van der Waals surface area contributed by atoms with Crippen LogP contribution in [0.4, 0.5) is 4.39 Å². The molecule has 92 valence electrons. The summed E-state index contributed by atoms with van der Waals surface area (Å²) in [6.07, 6.45) is 4.99. The predicted molar refractivity (Wildman–Crippen MR) is 66.4 cm³/mol. The number of aryl methyl sites for hydroxylation is 1. The number of hydrogen-bond acceptors (Lipinski definition) is 3. The van der Waals surface area contributed by atoms with E-state index in [0.29, 0.717) is 0 Å². The Morgan fingerprint density at radius 2 is 2.17 bits per heavy atom. The van der Waals surface area contributed by atoms with Crippen LogP contribution in [0.3, 0.4) is 0 Å². The molecule has 4 heteroatoms. The second kappa shape index (κ2) is 4.46. The van der Waals surface area contributed by atoms with Gasteiger partial charge in [0, 0.05) is 17.8 Å². The van der Waals surface area contributed by atoms with E-state index in [0.717, 1.165) is 24.2 Å². The normalized spacial score (nSPS) is 19.6. The van der Waals surface area contributed by atoms with E-state index in [4.69, 9.17) is 5.73 Å². The maximum Gasteiger partial charge on any atom is 0.141 e. The highest BCUT2D eigenvalue weighted by Crippen LogP contribution is 2.38. The first-order valence-corrected chi connectivity index (χ1v) is 6.06. The molecule has 3 rings (SSSR count). The van der Waals surface area contributed by atoms with Crippen molar-refractivity contribution in [3.05, 3.63) is 59.4 Å². The Bertz CT molecular complexity index is 553. The summed E-state index contributed by atoms with van der Waals surface area (Å²) in [5, 5.41) is 0. The van der Waals surface area contributed by atoms with Gasteiger partial charge >= 0.3 is 0 Å². The average molecular weight is 243 g/mol. The minimum Gasteiger partial charge on any atom is -0.322 e. The third kappa shape index (κ3) is 1.88. The molecule has 2 N–H and O–H groups in total. The van der Waals surface area contributed by atoms with Crippen LogP contribution >= 0.6 is 0 Å². The van der Waals surface area contributed by atoms with Crippen LogP contribution in [0.5, 0.6) is 0 Å². The number of pyridine rings is 2. The van der Waals surface area contributed by atoms with Gasteiger partial charge in [-0.1, -0.05) is 6.07 Å². The fourth-order valence-electron chi connectivity index (χ4n) is 2.58. The van der Waals surface area contributed by atoms with Gasteiger partial charge in [-0.15, -0.1) is 0 Å². The number of rotatable bonds is 2. The van der Waals surface area contributed by atoms with Crippen molar-refractivity contribution in [1.82, 2.24) is 9.97 Å². The third-order valence-corrected chi connectivity index (χ3v) is 3.53. The Labute approximate surface area is 105 Å². The molecule has 2 unspecified atom stereocenters. The number of hydrogen-bond donors (Lipinski definition) is 1. The van der Waals surface area contributed by atoms with Gasteiger partial charge in [0.05, 0.1) is 17.9 Å². The Morgan fingerprint density at radius 1 is 1.28 bits per heavy atom. The first-order chi connectivity index (χ1) is 8.75. The van der Waals surface area contributed by atoms with Gasteiger partial charge in [-0.05, 0) is 36.6 Å². The van der Waals surface area contributed by atoms with Crippen molar-refractivity contribution in [2.75, 3.05) is 0 Å². The molecule has 0 aliphatic heterocycles. The van der Waals surface area contributed by atoms with Crippen LogP contribution in [0.25, 0.3) is 0 Å². The highest BCUT2D eigenvalue weighted by atomic mass is 19.1. The van der Waals surface area contributed by atoms with E-state index in [-0.39, 0.29) is 17.8 Å². The van der Waals surface area contributed by atoms with Gasteiger partial charge in [-0.25, -0.2) is 4.39 Å². The van der Waals surface area contributed by atoms with E-state index in [9.17, 15) is 4.39 Å². The fourth-order valence-corrected chi connectivity index (χ4v) is 2.58. The van der Waals surface area contributed by atoms with Crippen LogP contribution in [0, 0.1) is 5.82 Å². The minimum absolute atomic E-state index is 0.180. The van der Waals surface area contributed by atoms with Crippen LogP contribution in [0.2, 0.25) is 0 Å². The Balaban J connectivity index is 1.90. The molecule has 2 atom stereocenters. The molecule has 0 spiro atoms. The maximum atomic E-state index is 12.9. The number of nitrogens with two attached hydrogens (primary N) is 1. The molecular weight excluding hydrogens is 229 g/mol. The lowest BCUT2D eigenvalue weighted by Crippen LogP contribution is -2.20. The standard InChI is InChI=1S/C14H14FN3/c15-10-4-6-12(18-8-10)13(16)11-5-3-9-2-1-7-17-14(9)11/h1-2,4,6-8,11,13H,3,5,16H2. The summed E-state index contributed by atoms with van der Waals surface area (Å²) >= 11 is 0. The lowest BCUT2D eigenvalue weighted by atomic mass is 9.94. The van der Waals surface area contributed by atoms with E-state index >= 15 is 0 Å². The van der Waals surface area contributed by atoms with Crippen molar-refractivity contribution in [2.24, 2.45) is 5.73 Å². The van der Waals surface area contributed by atoms with E-state index in [1.165, 1.54) is 17.8 Å².